The number of nitrogens with two attached hydrogens (primary N) is 1. The summed E-state index contributed by atoms with van der Waals surface area (Å²) in [6.45, 7) is 1.93. The topological polar surface area (TPSA) is 114 Å². The van der Waals surface area contributed by atoms with Crippen LogP contribution in [0.25, 0.3) is 10.8 Å². The summed E-state index contributed by atoms with van der Waals surface area (Å²) in [6, 6.07) is 11.0. The lowest BCUT2D eigenvalue weighted by Gasteiger charge is -2.25. The number of primary amides is 1. The zero-order valence-electron chi connectivity index (χ0n) is 14.8. The van der Waals surface area contributed by atoms with Crippen LogP contribution in [0.3, 0.4) is 0 Å². The summed E-state index contributed by atoms with van der Waals surface area (Å²) in [5.74, 6) is 0.132. The van der Waals surface area contributed by atoms with Crippen LogP contribution in [-0.4, -0.2) is 38.3 Å². The van der Waals surface area contributed by atoms with E-state index in [1.165, 1.54) is 4.68 Å². The fraction of sp³-hybridized carbons (Fsp3) is 0.263. The molecular formula is C19H19N5O3. The average molecular weight is 365 g/mol. The van der Waals surface area contributed by atoms with Gasteiger partial charge in [0, 0.05) is 10.9 Å². The van der Waals surface area contributed by atoms with E-state index < -0.39 is 11.9 Å². The number of carbonyl (C=O) groups excluding carboxylic acids is 2. The third-order valence-electron chi connectivity index (χ3n) is 4.74. The van der Waals surface area contributed by atoms with E-state index in [0.717, 1.165) is 16.5 Å². The SMILES string of the molecule is C[C@H](c1nc(CC(N)=O)nn1CCO)N1C(=O)c2cccc3cccc1c23. The second-order valence-electron chi connectivity index (χ2n) is 6.51. The van der Waals surface area contributed by atoms with Crippen molar-refractivity contribution in [1.82, 2.24) is 14.8 Å². The molecule has 3 N–H and O–H groups in total. The van der Waals surface area contributed by atoms with Crippen molar-refractivity contribution in [2.45, 2.75) is 25.9 Å². The van der Waals surface area contributed by atoms with Gasteiger partial charge in [-0.1, -0.05) is 24.3 Å². The Labute approximate surface area is 155 Å². The van der Waals surface area contributed by atoms with Crippen molar-refractivity contribution in [3.8, 4) is 0 Å². The van der Waals surface area contributed by atoms with Gasteiger partial charge in [0.1, 0.15) is 5.82 Å². The van der Waals surface area contributed by atoms with E-state index >= 15 is 0 Å². The van der Waals surface area contributed by atoms with Gasteiger partial charge in [-0.3, -0.25) is 14.5 Å². The molecule has 0 aliphatic carbocycles. The van der Waals surface area contributed by atoms with Gasteiger partial charge in [-0.05, 0) is 24.4 Å². The standard InChI is InChI=1S/C19H19N5O3/c1-11(18-21-16(10-15(20)26)22-23(18)8-9-25)24-14-7-3-5-12-4-2-6-13(17(12)14)19(24)27/h2-7,11,25H,8-10H2,1H3,(H2,20,26)/t11-/m1/s1. The van der Waals surface area contributed by atoms with E-state index in [9.17, 15) is 14.7 Å². The summed E-state index contributed by atoms with van der Waals surface area (Å²) in [7, 11) is 0. The van der Waals surface area contributed by atoms with Gasteiger partial charge in [-0.15, -0.1) is 0 Å². The second-order valence-corrected chi connectivity index (χ2v) is 6.51. The van der Waals surface area contributed by atoms with Crippen LogP contribution in [0.1, 0.15) is 35.0 Å². The fourth-order valence-corrected chi connectivity index (χ4v) is 3.64. The van der Waals surface area contributed by atoms with E-state index in [-0.39, 0.29) is 31.3 Å². The molecule has 0 saturated carbocycles. The summed E-state index contributed by atoms with van der Waals surface area (Å²) in [6.07, 6.45) is -0.0953. The highest BCUT2D eigenvalue weighted by molar-refractivity contribution is 6.25. The fourth-order valence-electron chi connectivity index (χ4n) is 3.64. The maximum Gasteiger partial charge on any atom is 0.259 e. The Morgan fingerprint density at radius 2 is 2.00 bits per heavy atom. The van der Waals surface area contributed by atoms with Crippen LogP contribution in [0, 0.1) is 0 Å². The molecule has 0 bridgehead atoms. The maximum atomic E-state index is 13.1. The molecule has 2 heterocycles. The first-order valence-electron chi connectivity index (χ1n) is 8.69. The van der Waals surface area contributed by atoms with E-state index in [0.29, 0.717) is 11.4 Å². The molecule has 1 aliphatic rings. The molecule has 2 amide bonds. The van der Waals surface area contributed by atoms with Gasteiger partial charge in [0.25, 0.3) is 5.91 Å². The number of aliphatic hydroxyl groups is 1. The maximum absolute atomic E-state index is 13.1. The number of carbonyl (C=O) groups is 2. The molecule has 1 aliphatic heterocycles. The van der Waals surface area contributed by atoms with E-state index in [4.69, 9.17) is 5.73 Å². The third kappa shape index (κ3) is 2.74. The van der Waals surface area contributed by atoms with Crippen molar-refractivity contribution in [2.24, 2.45) is 5.73 Å². The first-order valence-corrected chi connectivity index (χ1v) is 8.69. The largest absolute Gasteiger partial charge is 0.394 e. The van der Waals surface area contributed by atoms with Crippen molar-refractivity contribution in [2.75, 3.05) is 11.5 Å². The molecule has 2 aromatic carbocycles. The Balaban J connectivity index is 1.79. The highest BCUT2D eigenvalue weighted by atomic mass is 16.3. The number of anilines is 1. The minimum Gasteiger partial charge on any atom is -0.394 e. The van der Waals surface area contributed by atoms with Gasteiger partial charge in [-0.2, -0.15) is 5.10 Å². The molecule has 0 fully saturated rings. The molecule has 8 heteroatoms. The van der Waals surface area contributed by atoms with Crippen molar-refractivity contribution < 1.29 is 14.7 Å². The molecular weight excluding hydrogens is 346 g/mol. The number of rotatable bonds is 6. The number of benzene rings is 2. The van der Waals surface area contributed by atoms with Crippen molar-refractivity contribution in [3.63, 3.8) is 0 Å². The van der Waals surface area contributed by atoms with Crippen LogP contribution in [0.2, 0.25) is 0 Å². The zero-order valence-corrected chi connectivity index (χ0v) is 14.8. The second kappa shape index (κ2) is 6.48. The molecule has 3 aromatic rings. The predicted molar refractivity (Wildman–Crippen MR) is 99.2 cm³/mol. The van der Waals surface area contributed by atoms with Gasteiger partial charge >= 0.3 is 0 Å². The summed E-state index contributed by atoms with van der Waals surface area (Å²) < 4.78 is 1.53. The lowest BCUT2D eigenvalue weighted by Crippen LogP contribution is -2.32. The van der Waals surface area contributed by atoms with Crippen molar-refractivity contribution in [3.05, 3.63) is 53.6 Å². The number of nitrogens with zero attached hydrogens (tertiary/aromatic N) is 4. The molecule has 1 aromatic heterocycles. The minimum atomic E-state index is -0.537. The Bertz CT molecular complexity index is 1050. The number of aromatic nitrogens is 3. The molecule has 27 heavy (non-hydrogen) atoms. The Morgan fingerprint density at radius 1 is 1.26 bits per heavy atom. The average Bonchev–Trinajstić information content (AvgIpc) is 3.15. The first-order chi connectivity index (χ1) is 13.0. The summed E-state index contributed by atoms with van der Waals surface area (Å²) in [5, 5.41) is 15.5. The van der Waals surface area contributed by atoms with Crippen LogP contribution in [0.4, 0.5) is 5.69 Å². The summed E-state index contributed by atoms with van der Waals surface area (Å²) >= 11 is 0. The summed E-state index contributed by atoms with van der Waals surface area (Å²) in [4.78, 5) is 30.4. The Hall–Kier alpha value is -3.26. The van der Waals surface area contributed by atoms with Gasteiger partial charge in [-0.25, -0.2) is 9.67 Å². The van der Waals surface area contributed by atoms with Crippen molar-refractivity contribution in [1.29, 1.82) is 0 Å². The van der Waals surface area contributed by atoms with Crippen molar-refractivity contribution >= 4 is 28.3 Å². The smallest absolute Gasteiger partial charge is 0.259 e. The van der Waals surface area contributed by atoms with Gasteiger partial charge in [0.2, 0.25) is 5.91 Å². The van der Waals surface area contributed by atoms with Gasteiger partial charge in [0.05, 0.1) is 31.3 Å². The molecule has 0 unspecified atom stereocenters. The number of hydrogen-bond acceptors (Lipinski definition) is 5. The number of aliphatic hydroxyl groups excluding tert-OH is 1. The van der Waals surface area contributed by atoms with Gasteiger partial charge in [0.15, 0.2) is 5.82 Å². The Morgan fingerprint density at radius 3 is 2.70 bits per heavy atom. The quantitative estimate of drug-likeness (QED) is 0.681. The van der Waals surface area contributed by atoms with E-state index in [2.05, 4.69) is 10.1 Å². The van der Waals surface area contributed by atoms with E-state index in [1.54, 1.807) is 4.90 Å². The normalized spacial score (nSPS) is 14.1. The lowest BCUT2D eigenvalue weighted by atomic mass is 10.1. The van der Waals surface area contributed by atoms with Crippen LogP contribution in [0.5, 0.6) is 0 Å². The van der Waals surface area contributed by atoms with Crippen LogP contribution in [0.15, 0.2) is 36.4 Å². The Kier molecular flexibility index (Phi) is 4.12. The number of hydrogen-bond donors (Lipinski definition) is 2. The molecule has 0 saturated heterocycles. The molecule has 138 valence electrons. The predicted octanol–water partition coefficient (Wildman–Crippen LogP) is 1.17. The van der Waals surface area contributed by atoms with E-state index in [1.807, 2.05) is 43.3 Å². The molecule has 0 spiro atoms. The van der Waals surface area contributed by atoms with Crippen LogP contribution < -0.4 is 10.6 Å². The minimum absolute atomic E-state index is 0.0953. The van der Waals surface area contributed by atoms with Gasteiger partial charge < -0.3 is 10.8 Å². The summed E-state index contributed by atoms with van der Waals surface area (Å²) in [5.41, 5.74) is 6.71. The highest BCUT2D eigenvalue weighted by Gasteiger charge is 2.35. The third-order valence-corrected chi connectivity index (χ3v) is 4.74. The highest BCUT2D eigenvalue weighted by Crippen LogP contribution is 2.41. The molecule has 8 nitrogen and oxygen atoms in total. The number of amides is 2. The zero-order chi connectivity index (χ0) is 19.1. The first kappa shape index (κ1) is 17.2. The monoisotopic (exact) mass is 365 g/mol. The van der Waals surface area contributed by atoms with Crippen LogP contribution in [-0.2, 0) is 17.8 Å². The lowest BCUT2D eigenvalue weighted by molar-refractivity contribution is -0.117. The molecule has 0 radical (unpaired) electrons. The van der Waals surface area contributed by atoms with Crippen LogP contribution >= 0.6 is 0 Å². The molecule has 4 rings (SSSR count). The molecule has 1 atom stereocenters.